The molecule has 0 spiro atoms. The van der Waals surface area contributed by atoms with Gasteiger partial charge in [-0.15, -0.1) is 0 Å². The number of nitrogens with zero attached hydrogens (tertiary/aromatic N) is 2. The van der Waals surface area contributed by atoms with Gasteiger partial charge in [0.1, 0.15) is 0 Å². The van der Waals surface area contributed by atoms with Crippen LogP contribution < -0.4 is 11.2 Å². The van der Waals surface area contributed by atoms with Crippen LogP contribution in [0.3, 0.4) is 0 Å². The van der Waals surface area contributed by atoms with Crippen molar-refractivity contribution in [3.8, 4) is 0 Å². The average Bonchev–Trinajstić information content (AvgIpc) is 2.22. The van der Waals surface area contributed by atoms with E-state index in [9.17, 15) is 20.0 Å². The van der Waals surface area contributed by atoms with Gasteiger partial charge in [-0.2, -0.15) is 0 Å². The maximum atomic E-state index is 11.3. The Morgan fingerprint density at radius 1 is 1.62 bits per heavy atom. The highest BCUT2D eigenvalue weighted by Gasteiger charge is 2.16. The first-order valence-electron chi connectivity index (χ1n) is 4.37. The zero-order chi connectivity index (χ0) is 12.3. The fraction of sp³-hybridized carbons (Fsp3) is 0.375. The minimum atomic E-state index is -0.811. The first kappa shape index (κ1) is 12.8. The highest BCUT2D eigenvalue weighted by atomic mass is 79.9. The van der Waals surface area contributed by atoms with Gasteiger partial charge >= 0.3 is 5.69 Å². The first-order valence-corrected chi connectivity index (χ1v) is 5.17. The highest BCUT2D eigenvalue weighted by molar-refractivity contribution is 9.10. The zero-order valence-corrected chi connectivity index (χ0v) is 9.75. The number of hydrogen-bond acceptors (Lipinski definition) is 5. The van der Waals surface area contributed by atoms with Crippen LogP contribution in [0.2, 0.25) is 0 Å². The second kappa shape index (κ2) is 5.19. The van der Waals surface area contributed by atoms with E-state index in [1.807, 2.05) is 0 Å². The quantitative estimate of drug-likeness (QED) is 0.591. The second-order valence-corrected chi connectivity index (χ2v) is 4.02. The Morgan fingerprint density at radius 3 is 2.75 bits per heavy atom. The molecule has 0 aliphatic carbocycles. The van der Waals surface area contributed by atoms with E-state index in [0.29, 0.717) is 0 Å². The predicted molar refractivity (Wildman–Crippen MR) is 60.1 cm³/mol. The van der Waals surface area contributed by atoms with Crippen LogP contribution in [0, 0.1) is 10.1 Å². The van der Waals surface area contributed by atoms with Crippen molar-refractivity contribution >= 4 is 21.6 Å². The van der Waals surface area contributed by atoms with Crippen LogP contribution >= 0.6 is 15.9 Å². The normalized spacial score (nSPS) is 12.4. The number of aliphatic hydroxyl groups is 1. The summed E-state index contributed by atoms with van der Waals surface area (Å²) >= 11 is 2.93. The summed E-state index contributed by atoms with van der Waals surface area (Å²) in [5, 5.41) is 19.9. The number of hydrogen-bond donors (Lipinski definition) is 2. The number of pyridine rings is 1. The molecule has 1 atom stereocenters. The molecule has 8 heteroatoms. The summed E-state index contributed by atoms with van der Waals surface area (Å²) in [6, 6.07) is 0. The molecule has 88 valence electrons. The average molecular weight is 292 g/mol. The van der Waals surface area contributed by atoms with E-state index in [2.05, 4.69) is 15.9 Å². The molecule has 0 aliphatic heterocycles. The zero-order valence-electron chi connectivity index (χ0n) is 8.17. The third kappa shape index (κ3) is 2.87. The molecule has 0 radical (unpaired) electrons. The van der Waals surface area contributed by atoms with Gasteiger partial charge in [0.25, 0.3) is 5.43 Å². The molecule has 1 unspecified atom stereocenters. The van der Waals surface area contributed by atoms with Crippen molar-refractivity contribution in [2.24, 2.45) is 5.73 Å². The molecule has 0 saturated carbocycles. The fourth-order valence-corrected chi connectivity index (χ4v) is 1.60. The molecular formula is C8H10BrN3O4. The van der Waals surface area contributed by atoms with Gasteiger partial charge in [0.2, 0.25) is 0 Å². The van der Waals surface area contributed by atoms with Crippen LogP contribution in [0.1, 0.15) is 0 Å². The number of aliphatic hydroxyl groups excluding tert-OH is 1. The first-order chi connectivity index (χ1) is 7.45. The minimum Gasteiger partial charge on any atom is -0.390 e. The van der Waals surface area contributed by atoms with Crippen LogP contribution in [0.15, 0.2) is 21.7 Å². The van der Waals surface area contributed by atoms with Gasteiger partial charge in [0.05, 0.1) is 21.7 Å². The Labute approximate surface area is 98.8 Å². The number of halogens is 1. The van der Waals surface area contributed by atoms with Crippen molar-refractivity contribution in [1.29, 1.82) is 0 Å². The van der Waals surface area contributed by atoms with Crippen LogP contribution in [-0.2, 0) is 6.54 Å². The fourth-order valence-electron chi connectivity index (χ4n) is 1.13. The maximum Gasteiger partial charge on any atom is 0.333 e. The van der Waals surface area contributed by atoms with Crippen LogP contribution in [0.25, 0.3) is 0 Å². The molecule has 0 aliphatic rings. The van der Waals surface area contributed by atoms with E-state index in [1.165, 1.54) is 10.8 Å². The molecule has 1 aromatic heterocycles. The lowest BCUT2D eigenvalue weighted by Gasteiger charge is -2.10. The minimum absolute atomic E-state index is 0.0392. The largest absolute Gasteiger partial charge is 0.390 e. The van der Waals surface area contributed by atoms with E-state index in [4.69, 9.17) is 5.73 Å². The van der Waals surface area contributed by atoms with Crippen LogP contribution in [0.5, 0.6) is 0 Å². The summed E-state index contributed by atoms with van der Waals surface area (Å²) in [5.74, 6) is 0. The van der Waals surface area contributed by atoms with Gasteiger partial charge in [-0.3, -0.25) is 14.9 Å². The van der Waals surface area contributed by atoms with E-state index in [1.54, 1.807) is 0 Å². The van der Waals surface area contributed by atoms with Crippen molar-refractivity contribution < 1.29 is 10.0 Å². The van der Waals surface area contributed by atoms with Crippen LogP contribution in [-0.4, -0.2) is 27.2 Å². The molecular weight excluding hydrogens is 282 g/mol. The van der Waals surface area contributed by atoms with Crippen molar-refractivity contribution in [1.82, 2.24) is 4.57 Å². The van der Waals surface area contributed by atoms with E-state index in [-0.39, 0.29) is 17.6 Å². The molecule has 1 aromatic rings. The van der Waals surface area contributed by atoms with E-state index < -0.39 is 22.1 Å². The Kier molecular flexibility index (Phi) is 4.16. The van der Waals surface area contributed by atoms with E-state index in [0.717, 1.165) is 6.20 Å². The van der Waals surface area contributed by atoms with Crippen molar-refractivity contribution in [2.75, 3.05) is 6.54 Å². The topological polar surface area (TPSA) is 111 Å². The molecule has 0 aromatic carbocycles. The lowest BCUT2D eigenvalue weighted by atomic mass is 10.3. The van der Waals surface area contributed by atoms with Crippen molar-refractivity contribution in [3.05, 3.63) is 37.2 Å². The number of nitrogens with two attached hydrogens (primary N) is 1. The Bertz CT molecular complexity index is 459. The summed E-state index contributed by atoms with van der Waals surface area (Å²) in [6.07, 6.45) is 1.63. The van der Waals surface area contributed by atoms with Crippen molar-refractivity contribution in [3.63, 3.8) is 0 Å². The maximum absolute atomic E-state index is 11.3. The Hall–Kier alpha value is -1.25. The molecule has 0 amide bonds. The molecule has 0 saturated heterocycles. The van der Waals surface area contributed by atoms with E-state index >= 15 is 0 Å². The summed E-state index contributed by atoms with van der Waals surface area (Å²) < 4.78 is 1.42. The lowest BCUT2D eigenvalue weighted by molar-refractivity contribution is -0.386. The summed E-state index contributed by atoms with van der Waals surface area (Å²) in [6.45, 7) is 0.133. The molecule has 1 heterocycles. The highest BCUT2D eigenvalue weighted by Crippen LogP contribution is 2.11. The standard InChI is InChI=1S/C8H10BrN3O4/c9-6-3-11(2-5(13)1-10)4-7(8(6)14)12(15)16/h3-5,13H,1-2,10H2. The summed E-state index contributed by atoms with van der Waals surface area (Å²) in [7, 11) is 0. The molecule has 7 nitrogen and oxygen atoms in total. The lowest BCUT2D eigenvalue weighted by Crippen LogP contribution is -2.26. The molecule has 3 N–H and O–H groups in total. The van der Waals surface area contributed by atoms with Gasteiger partial charge < -0.3 is 15.4 Å². The van der Waals surface area contributed by atoms with Gasteiger partial charge in [0.15, 0.2) is 0 Å². The van der Waals surface area contributed by atoms with Gasteiger partial charge in [0, 0.05) is 19.3 Å². The van der Waals surface area contributed by atoms with Gasteiger partial charge in [-0.1, -0.05) is 0 Å². The molecule has 1 rings (SSSR count). The third-order valence-electron chi connectivity index (χ3n) is 1.91. The summed E-state index contributed by atoms with van der Waals surface area (Å²) in [4.78, 5) is 21.1. The predicted octanol–water partition coefficient (Wildman–Crippen LogP) is -0.161. The van der Waals surface area contributed by atoms with Crippen molar-refractivity contribution in [2.45, 2.75) is 12.6 Å². The third-order valence-corrected chi connectivity index (χ3v) is 2.47. The monoisotopic (exact) mass is 291 g/mol. The van der Waals surface area contributed by atoms with Crippen LogP contribution in [0.4, 0.5) is 5.69 Å². The Balaban J connectivity index is 3.14. The Morgan fingerprint density at radius 2 is 2.25 bits per heavy atom. The SMILES string of the molecule is NCC(O)Cn1cc(Br)c(=O)c([N+](=O)[O-])c1. The number of nitro groups is 1. The summed E-state index contributed by atoms with van der Waals surface area (Å²) in [5.41, 5.74) is 3.98. The molecule has 0 bridgehead atoms. The molecule has 0 fully saturated rings. The second-order valence-electron chi connectivity index (χ2n) is 3.16. The molecule has 16 heavy (non-hydrogen) atoms. The van der Waals surface area contributed by atoms with Gasteiger partial charge in [-0.05, 0) is 15.9 Å². The number of rotatable bonds is 4. The van der Waals surface area contributed by atoms with Gasteiger partial charge in [-0.25, -0.2) is 0 Å². The number of aromatic nitrogens is 1. The smallest absolute Gasteiger partial charge is 0.333 e.